The minimum absolute atomic E-state index is 0.653. The van der Waals surface area contributed by atoms with Gasteiger partial charge in [0.1, 0.15) is 0 Å². The summed E-state index contributed by atoms with van der Waals surface area (Å²) < 4.78 is 0. The molecule has 0 amide bonds. The van der Waals surface area contributed by atoms with Gasteiger partial charge in [0.2, 0.25) is 0 Å². The van der Waals surface area contributed by atoms with E-state index in [0.29, 0.717) is 11.8 Å². The highest BCUT2D eigenvalue weighted by Crippen LogP contribution is 2.66. The molecule has 2 nitrogen and oxygen atoms in total. The lowest BCUT2D eigenvalue weighted by Gasteiger charge is -2.47. The zero-order valence-corrected chi connectivity index (χ0v) is 26.9. The highest BCUT2D eigenvalue weighted by molar-refractivity contribution is 6.80. The minimum atomic E-state index is -1.51. The van der Waals surface area contributed by atoms with Gasteiger partial charge in [-0.1, -0.05) is 101 Å². The molecular weight excluding hydrogens is 525 g/mol. The molecule has 2 aromatic carbocycles. The van der Waals surface area contributed by atoms with Crippen LogP contribution in [0.2, 0.25) is 24.2 Å². The molecule has 0 bridgehead atoms. The molecule has 0 radical (unpaired) electrons. The van der Waals surface area contributed by atoms with Gasteiger partial charge in [0, 0.05) is 34.0 Å². The van der Waals surface area contributed by atoms with Gasteiger partial charge in [0.15, 0.2) is 0 Å². The third-order valence-corrected chi connectivity index (χ3v) is 18.4. The van der Waals surface area contributed by atoms with Crippen LogP contribution in [0.4, 0.5) is 0 Å². The molecule has 3 heteroatoms. The highest BCUT2D eigenvalue weighted by atomic mass is 28.3. The Bertz CT molecular complexity index is 1590. The van der Waals surface area contributed by atoms with Crippen LogP contribution in [-0.4, -0.2) is 18.0 Å². The maximum absolute atomic E-state index is 5.26. The number of hydrogen-bond donors (Lipinski definition) is 0. The maximum Gasteiger partial charge on any atom is 0.0705 e. The van der Waals surface area contributed by atoms with Gasteiger partial charge in [-0.05, 0) is 90.6 Å². The Morgan fingerprint density at radius 3 is 1.79 bits per heavy atom. The normalized spacial score (nSPS) is 34.9. The molecule has 0 aliphatic heterocycles. The van der Waals surface area contributed by atoms with Gasteiger partial charge in [-0.25, -0.2) is 0 Å². The molecule has 8 rings (SSSR count). The molecule has 2 aromatic heterocycles. The maximum atomic E-state index is 5.26. The monoisotopic (exact) mass is 572 g/mol. The second kappa shape index (κ2) is 10.6. The Morgan fingerprint density at radius 1 is 0.571 bits per heavy atom. The van der Waals surface area contributed by atoms with Crippen molar-refractivity contribution >= 4 is 29.9 Å². The molecule has 42 heavy (non-hydrogen) atoms. The first-order valence-electron chi connectivity index (χ1n) is 17.2. The number of hydrogen-bond acceptors (Lipinski definition) is 2. The predicted molar refractivity (Wildman–Crippen MR) is 179 cm³/mol. The van der Waals surface area contributed by atoms with Crippen molar-refractivity contribution in [2.24, 2.45) is 29.6 Å². The molecule has 9 unspecified atom stereocenters. The summed E-state index contributed by atoms with van der Waals surface area (Å²) in [6, 6.07) is 26.8. The van der Waals surface area contributed by atoms with E-state index >= 15 is 0 Å². The lowest BCUT2D eigenvalue weighted by atomic mass is 9.72. The average Bonchev–Trinajstić information content (AvgIpc) is 3.62. The van der Waals surface area contributed by atoms with Crippen molar-refractivity contribution in [3.05, 3.63) is 84.2 Å². The van der Waals surface area contributed by atoms with Gasteiger partial charge < -0.3 is 0 Å². The Balaban J connectivity index is 1.05. The summed E-state index contributed by atoms with van der Waals surface area (Å²) in [7, 11) is -1.51. The van der Waals surface area contributed by atoms with E-state index in [-0.39, 0.29) is 0 Å². The molecular formula is C39H48N2Si. The Kier molecular flexibility index (Phi) is 6.81. The molecule has 4 aromatic rings. The van der Waals surface area contributed by atoms with Crippen molar-refractivity contribution in [2.75, 3.05) is 0 Å². The van der Waals surface area contributed by atoms with Gasteiger partial charge >= 0.3 is 0 Å². The zero-order valence-electron chi connectivity index (χ0n) is 25.9. The number of aromatic nitrogens is 2. The Labute approximate surface area is 253 Å². The average molecular weight is 573 g/mol. The zero-order chi connectivity index (χ0) is 28.4. The number of nitrogens with zero attached hydrogens (tertiary/aromatic N) is 2. The number of pyridine rings is 2. The predicted octanol–water partition coefficient (Wildman–Crippen LogP) is 10.8. The molecule has 4 aliphatic rings. The second-order valence-electron chi connectivity index (χ2n) is 15.3. The summed E-state index contributed by atoms with van der Waals surface area (Å²) >= 11 is 0. The van der Waals surface area contributed by atoms with Crippen LogP contribution in [0.15, 0.2) is 72.8 Å². The first kappa shape index (κ1) is 27.1. The number of para-hydroxylation sites is 2. The lowest BCUT2D eigenvalue weighted by molar-refractivity contribution is 0.224. The van der Waals surface area contributed by atoms with Crippen LogP contribution in [0.3, 0.4) is 0 Å². The van der Waals surface area contributed by atoms with Crippen LogP contribution in [0.1, 0.15) is 87.9 Å². The van der Waals surface area contributed by atoms with Crippen LogP contribution in [-0.2, 0) is 0 Å². The summed E-state index contributed by atoms with van der Waals surface area (Å²) in [6.45, 7) is 8.34. The van der Waals surface area contributed by atoms with Crippen molar-refractivity contribution < 1.29 is 0 Å². The molecule has 4 saturated carbocycles. The van der Waals surface area contributed by atoms with E-state index in [1.807, 2.05) is 0 Å². The highest BCUT2D eigenvalue weighted by Gasteiger charge is 2.58. The van der Waals surface area contributed by atoms with Crippen molar-refractivity contribution in [3.8, 4) is 0 Å². The number of benzene rings is 2. The van der Waals surface area contributed by atoms with Gasteiger partial charge in [0.05, 0.1) is 19.1 Å². The smallest absolute Gasteiger partial charge is 0.0705 e. The summed E-state index contributed by atoms with van der Waals surface area (Å²) in [6.07, 6.45) is 12.7. The van der Waals surface area contributed by atoms with E-state index in [4.69, 9.17) is 9.97 Å². The van der Waals surface area contributed by atoms with Gasteiger partial charge in [-0.15, -0.1) is 0 Å². The third-order valence-electron chi connectivity index (χ3n) is 13.1. The standard InChI is InChI=1S/C39H48N2Si/c1-25-24-33-30(37-22-19-27-11-5-7-17-35(27)41-37)13-9-15-32(33)39(25)42(2,3)38-23-20-28-29(12-8-14-31(28)38)36-21-18-26-10-4-6-16-34(26)40-36/h4-7,10-11,16-19,21-22,25,28-33,38-39H,8-9,12-15,20,23-24H2,1-3H3. The van der Waals surface area contributed by atoms with Gasteiger partial charge in [0.25, 0.3) is 0 Å². The Morgan fingerprint density at radius 2 is 1.14 bits per heavy atom. The van der Waals surface area contributed by atoms with E-state index in [0.717, 1.165) is 40.7 Å². The number of rotatable bonds is 4. The summed E-state index contributed by atoms with van der Waals surface area (Å²) in [4.78, 5) is 10.5. The van der Waals surface area contributed by atoms with Gasteiger partial charge in [-0.2, -0.15) is 0 Å². The summed E-state index contributed by atoms with van der Waals surface area (Å²) in [5.41, 5.74) is 7.08. The van der Waals surface area contributed by atoms with E-state index in [2.05, 4.69) is 92.8 Å². The molecule has 0 spiro atoms. The molecule has 218 valence electrons. The number of fused-ring (bicyclic) bond motifs is 4. The molecule has 2 heterocycles. The largest absolute Gasteiger partial charge is 0.253 e. The Hall–Kier alpha value is -2.52. The lowest BCUT2D eigenvalue weighted by Crippen LogP contribution is -2.45. The minimum Gasteiger partial charge on any atom is -0.253 e. The SMILES string of the molecule is CC1CC2C(c3ccc4ccccc4n3)CCCC2C1[Si](C)(C)C1CCC2C(c3ccc4ccccc4n3)CCCC21. The van der Waals surface area contributed by atoms with E-state index in [1.54, 1.807) is 0 Å². The van der Waals surface area contributed by atoms with E-state index in [1.165, 1.54) is 91.0 Å². The fourth-order valence-corrected chi connectivity index (χ4v) is 17.7. The first-order chi connectivity index (χ1) is 20.5. The van der Waals surface area contributed by atoms with E-state index < -0.39 is 8.07 Å². The molecule has 0 N–H and O–H groups in total. The van der Waals surface area contributed by atoms with Crippen molar-refractivity contribution in [1.82, 2.24) is 9.97 Å². The van der Waals surface area contributed by atoms with E-state index in [9.17, 15) is 0 Å². The molecule has 4 fully saturated rings. The first-order valence-corrected chi connectivity index (χ1v) is 20.4. The fourth-order valence-electron chi connectivity index (χ4n) is 11.7. The quantitative estimate of drug-likeness (QED) is 0.227. The third kappa shape index (κ3) is 4.40. The molecule has 4 aliphatic carbocycles. The molecule has 9 atom stereocenters. The van der Waals surface area contributed by atoms with Crippen molar-refractivity contribution in [3.63, 3.8) is 0 Å². The summed E-state index contributed by atoms with van der Waals surface area (Å²) in [5, 5.41) is 2.56. The van der Waals surface area contributed by atoms with Crippen molar-refractivity contribution in [2.45, 2.75) is 101 Å². The van der Waals surface area contributed by atoms with Crippen molar-refractivity contribution in [1.29, 1.82) is 0 Å². The van der Waals surface area contributed by atoms with Crippen LogP contribution in [0.25, 0.3) is 21.8 Å². The molecule has 0 saturated heterocycles. The van der Waals surface area contributed by atoms with Crippen LogP contribution < -0.4 is 0 Å². The summed E-state index contributed by atoms with van der Waals surface area (Å²) in [5.74, 6) is 5.69. The topological polar surface area (TPSA) is 25.8 Å². The van der Waals surface area contributed by atoms with Crippen LogP contribution >= 0.6 is 0 Å². The van der Waals surface area contributed by atoms with Crippen LogP contribution in [0, 0.1) is 29.6 Å². The van der Waals surface area contributed by atoms with Gasteiger partial charge in [-0.3, -0.25) is 9.97 Å². The fraction of sp³-hybridized carbons (Fsp3) is 0.538. The van der Waals surface area contributed by atoms with Crippen LogP contribution in [0.5, 0.6) is 0 Å². The second-order valence-corrected chi connectivity index (χ2v) is 20.4.